The number of hydrogen-bond donors (Lipinski definition) is 2. The fourth-order valence-electron chi connectivity index (χ4n) is 2.53. The predicted molar refractivity (Wildman–Crippen MR) is 84.1 cm³/mol. The standard InChI is InChI=1S/C15H22N2O3S/c1-3-20-15(19)13-10-6-4-7-11(10)21-14(13)17-12(18)8-5-9-16-2/h16H,3-9H2,1-2H3,(H,17,18). The number of carbonyl (C=O) groups excluding carboxylic acids is 2. The number of ether oxygens (including phenoxy) is 1. The van der Waals surface area contributed by atoms with Crippen molar-refractivity contribution in [1.82, 2.24) is 5.32 Å². The SMILES string of the molecule is CCOC(=O)c1c(NC(=O)CCCNC)sc2c1CCC2. The molecule has 0 bridgehead atoms. The quantitative estimate of drug-likeness (QED) is 0.599. The van der Waals surface area contributed by atoms with Gasteiger partial charge in [-0.3, -0.25) is 4.79 Å². The van der Waals surface area contributed by atoms with Crippen LogP contribution in [0.2, 0.25) is 0 Å². The molecule has 1 aliphatic carbocycles. The lowest BCUT2D eigenvalue weighted by Crippen LogP contribution is -2.17. The second-order valence-electron chi connectivity index (χ2n) is 5.04. The summed E-state index contributed by atoms with van der Waals surface area (Å²) in [4.78, 5) is 25.3. The van der Waals surface area contributed by atoms with Crippen LogP contribution in [0.15, 0.2) is 0 Å². The number of hydrogen-bond acceptors (Lipinski definition) is 5. The van der Waals surface area contributed by atoms with Crippen molar-refractivity contribution in [2.75, 3.05) is 25.5 Å². The summed E-state index contributed by atoms with van der Waals surface area (Å²) in [6.45, 7) is 2.94. The molecule has 1 heterocycles. The van der Waals surface area contributed by atoms with Gasteiger partial charge >= 0.3 is 5.97 Å². The van der Waals surface area contributed by atoms with Gasteiger partial charge in [0.2, 0.25) is 5.91 Å². The van der Waals surface area contributed by atoms with Crippen LogP contribution < -0.4 is 10.6 Å². The smallest absolute Gasteiger partial charge is 0.341 e. The Bertz CT molecular complexity index is 525. The fourth-order valence-corrected chi connectivity index (χ4v) is 3.82. The average Bonchev–Trinajstić information content (AvgIpc) is 2.99. The molecular weight excluding hydrogens is 288 g/mol. The third-order valence-electron chi connectivity index (χ3n) is 3.48. The third-order valence-corrected chi connectivity index (χ3v) is 4.69. The molecule has 21 heavy (non-hydrogen) atoms. The van der Waals surface area contributed by atoms with E-state index in [0.717, 1.165) is 37.8 Å². The lowest BCUT2D eigenvalue weighted by Gasteiger charge is -2.08. The molecule has 0 unspecified atom stereocenters. The Morgan fingerprint density at radius 1 is 1.33 bits per heavy atom. The molecule has 1 aromatic rings. The molecule has 1 amide bonds. The zero-order chi connectivity index (χ0) is 15.2. The molecule has 0 saturated heterocycles. The molecule has 0 aliphatic heterocycles. The molecule has 0 saturated carbocycles. The van der Waals surface area contributed by atoms with E-state index in [0.29, 0.717) is 23.6 Å². The Labute approximate surface area is 129 Å². The summed E-state index contributed by atoms with van der Waals surface area (Å²) in [5.41, 5.74) is 1.65. The van der Waals surface area contributed by atoms with E-state index in [1.54, 1.807) is 6.92 Å². The lowest BCUT2D eigenvalue weighted by atomic mass is 10.1. The minimum Gasteiger partial charge on any atom is -0.462 e. The summed E-state index contributed by atoms with van der Waals surface area (Å²) in [6, 6.07) is 0. The fraction of sp³-hybridized carbons (Fsp3) is 0.600. The highest BCUT2D eigenvalue weighted by atomic mass is 32.1. The number of amides is 1. The third kappa shape index (κ3) is 3.83. The Balaban J connectivity index is 2.12. The number of nitrogens with one attached hydrogen (secondary N) is 2. The lowest BCUT2D eigenvalue weighted by molar-refractivity contribution is -0.116. The molecule has 0 spiro atoms. The van der Waals surface area contributed by atoms with Crippen LogP contribution in [0.25, 0.3) is 0 Å². The first-order valence-corrected chi connectivity index (χ1v) is 8.25. The first-order valence-electron chi connectivity index (χ1n) is 7.43. The van der Waals surface area contributed by atoms with E-state index in [2.05, 4.69) is 10.6 Å². The molecule has 0 radical (unpaired) electrons. The summed E-state index contributed by atoms with van der Waals surface area (Å²) < 4.78 is 5.14. The van der Waals surface area contributed by atoms with Crippen LogP contribution in [-0.4, -0.2) is 32.1 Å². The van der Waals surface area contributed by atoms with Crippen LogP contribution in [-0.2, 0) is 22.4 Å². The highest BCUT2D eigenvalue weighted by Crippen LogP contribution is 2.39. The van der Waals surface area contributed by atoms with E-state index in [4.69, 9.17) is 4.74 Å². The molecular formula is C15H22N2O3S. The van der Waals surface area contributed by atoms with Crippen molar-refractivity contribution in [3.8, 4) is 0 Å². The number of thiophene rings is 1. The molecule has 5 nitrogen and oxygen atoms in total. The summed E-state index contributed by atoms with van der Waals surface area (Å²) in [5, 5.41) is 6.56. The van der Waals surface area contributed by atoms with Gasteiger partial charge in [-0.1, -0.05) is 0 Å². The van der Waals surface area contributed by atoms with Crippen LogP contribution >= 0.6 is 11.3 Å². The van der Waals surface area contributed by atoms with Gasteiger partial charge in [0.15, 0.2) is 0 Å². The summed E-state index contributed by atoms with van der Waals surface area (Å²) in [7, 11) is 1.86. The minimum atomic E-state index is -0.317. The van der Waals surface area contributed by atoms with Gasteiger partial charge in [-0.05, 0) is 51.8 Å². The molecule has 0 fully saturated rings. The maximum absolute atomic E-state index is 12.2. The van der Waals surface area contributed by atoms with E-state index >= 15 is 0 Å². The van der Waals surface area contributed by atoms with E-state index in [1.807, 2.05) is 7.05 Å². The van der Waals surface area contributed by atoms with Gasteiger partial charge in [-0.15, -0.1) is 11.3 Å². The van der Waals surface area contributed by atoms with Gasteiger partial charge in [0.05, 0.1) is 12.2 Å². The van der Waals surface area contributed by atoms with Crippen molar-refractivity contribution in [3.63, 3.8) is 0 Å². The molecule has 1 aromatic heterocycles. The normalized spacial score (nSPS) is 13.0. The molecule has 1 aliphatic rings. The van der Waals surface area contributed by atoms with Crippen molar-refractivity contribution in [1.29, 1.82) is 0 Å². The maximum Gasteiger partial charge on any atom is 0.341 e. The molecule has 0 atom stereocenters. The van der Waals surface area contributed by atoms with Gasteiger partial charge < -0.3 is 15.4 Å². The Kier molecular flexibility index (Phi) is 5.76. The zero-order valence-electron chi connectivity index (χ0n) is 12.6. The topological polar surface area (TPSA) is 67.4 Å². The Morgan fingerprint density at radius 2 is 2.14 bits per heavy atom. The average molecular weight is 310 g/mol. The van der Waals surface area contributed by atoms with Crippen molar-refractivity contribution >= 4 is 28.2 Å². The van der Waals surface area contributed by atoms with Crippen LogP contribution in [0.4, 0.5) is 5.00 Å². The van der Waals surface area contributed by atoms with Crippen LogP contribution in [0, 0.1) is 0 Å². The molecule has 116 valence electrons. The molecule has 6 heteroatoms. The second-order valence-corrected chi connectivity index (χ2v) is 6.14. The number of carbonyl (C=O) groups is 2. The Hall–Kier alpha value is -1.40. The Morgan fingerprint density at radius 3 is 2.86 bits per heavy atom. The summed E-state index contributed by atoms with van der Waals surface area (Å²) >= 11 is 1.52. The monoisotopic (exact) mass is 310 g/mol. The van der Waals surface area contributed by atoms with Crippen molar-refractivity contribution in [3.05, 3.63) is 16.0 Å². The van der Waals surface area contributed by atoms with E-state index in [1.165, 1.54) is 16.2 Å². The summed E-state index contributed by atoms with van der Waals surface area (Å²) in [5.74, 6) is -0.363. The van der Waals surface area contributed by atoms with Gasteiger partial charge in [0, 0.05) is 11.3 Å². The van der Waals surface area contributed by atoms with E-state index < -0.39 is 0 Å². The number of rotatable bonds is 7. The first-order chi connectivity index (χ1) is 10.2. The number of aryl methyl sites for hydroxylation is 1. The largest absolute Gasteiger partial charge is 0.462 e. The number of fused-ring (bicyclic) bond motifs is 1. The number of esters is 1. The van der Waals surface area contributed by atoms with Gasteiger partial charge in [-0.25, -0.2) is 4.79 Å². The molecule has 0 aromatic carbocycles. The van der Waals surface area contributed by atoms with Gasteiger partial charge in [-0.2, -0.15) is 0 Å². The van der Waals surface area contributed by atoms with Crippen LogP contribution in [0.1, 0.15) is 47.0 Å². The van der Waals surface area contributed by atoms with Crippen LogP contribution in [0.5, 0.6) is 0 Å². The number of anilines is 1. The molecule has 2 N–H and O–H groups in total. The maximum atomic E-state index is 12.2. The van der Waals surface area contributed by atoms with Gasteiger partial charge in [0.25, 0.3) is 0 Å². The molecule has 2 rings (SSSR count). The predicted octanol–water partition coefficient (Wildman–Crippen LogP) is 2.35. The summed E-state index contributed by atoms with van der Waals surface area (Å²) in [6.07, 6.45) is 4.19. The van der Waals surface area contributed by atoms with Crippen molar-refractivity contribution in [2.45, 2.75) is 39.0 Å². The van der Waals surface area contributed by atoms with Gasteiger partial charge in [0.1, 0.15) is 5.00 Å². The van der Waals surface area contributed by atoms with E-state index in [-0.39, 0.29) is 11.9 Å². The van der Waals surface area contributed by atoms with E-state index in [9.17, 15) is 9.59 Å². The first kappa shape index (κ1) is 16.0. The van der Waals surface area contributed by atoms with Crippen LogP contribution in [0.3, 0.4) is 0 Å². The zero-order valence-corrected chi connectivity index (χ0v) is 13.4. The minimum absolute atomic E-state index is 0.0456. The highest BCUT2D eigenvalue weighted by Gasteiger charge is 2.28. The highest BCUT2D eigenvalue weighted by molar-refractivity contribution is 7.17. The second kappa shape index (κ2) is 7.56. The van der Waals surface area contributed by atoms with Crippen molar-refractivity contribution in [2.24, 2.45) is 0 Å². The van der Waals surface area contributed by atoms with Crippen molar-refractivity contribution < 1.29 is 14.3 Å².